The summed E-state index contributed by atoms with van der Waals surface area (Å²) in [5.74, 6) is -5.98. The smallest absolute Gasteiger partial charge is 0.114 e. The molecule has 0 spiro atoms. The van der Waals surface area contributed by atoms with Gasteiger partial charge in [0.15, 0.2) is 0 Å². The van der Waals surface area contributed by atoms with Gasteiger partial charge in [-0.1, -0.05) is 0 Å². The summed E-state index contributed by atoms with van der Waals surface area (Å²) < 4.78 is 0. The second-order valence-electron chi connectivity index (χ2n) is 2.64. The van der Waals surface area contributed by atoms with Crippen LogP contribution in [0.4, 0.5) is 0 Å². The molecule has 11 heteroatoms. The molecule has 0 aliphatic rings. The summed E-state index contributed by atoms with van der Waals surface area (Å²) in [6.07, 6.45) is -2.72. The molecule has 0 rings (SSSR count). The average molecular weight is 251 g/mol. The number of carbonyl (C=O) groups is 3. The molecule has 0 heterocycles. The number of carboxylic acid groups (broad SMARTS) is 3. The lowest BCUT2D eigenvalue weighted by molar-refractivity contribution is -0.402. The van der Waals surface area contributed by atoms with Crippen LogP contribution < -0.4 is 15.3 Å². The van der Waals surface area contributed by atoms with Gasteiger partial charge in [0, 0.05) is 24.8 Å². The van der Waals surface area contributed by atoms with Crippen molar-refractivity contribution in [3.05, 3.63) is 15.3 Å². The lowest BCUT2D eigenvalue weighted by Gasteiger charge is -2.29. The molecule has 0 fully saturated rings. The highest BCUT2D eigenvalue weighted by Crippen LogP contribution is 2.13. The highest BCUT2D eigenvalue weighted by Gasteiger charge is 2.29. The molecule has 0 aromatic heterocycles. The molecule has 0 aliphatic carbocycles. The number of aliphatic carboxylic acids is 3. The summed E-state index contributed by atoms with van der Waals surface area (Å²) >= 11 is 0. The predicted molar refractivity (Wildman–Crippen MR) is 39.6 cm³/mol. The van der Waals surface area contributed by atoms with Crippen molar-refractivity contribution in [3.8, 4) is 0 Å². The van der Waals surface area contributed by atoms with E-state index in [1.165, 1.54) is 0 Å². The maximum Gasteiger partial charge on any atom is 0.114 e. The molecule has 0 atom stereocenters. The third-order valence-corrected chi connectivity index (χ3v) is 1.25. The molecule has 0 aliphatic heterocycles. The first kappa shape index (κ1) is 17.0. The van der Waals surface area contributed by atoms with E-state index in [-0.39, 0.29) is 0 Å². The van der Waals surface area contributed by atoms with Crippen molar-refractivity contribution < 1.29 is 39.9 Å². The molecule has 1 N–H and O–H groups in total. The fraction of sp³-hybridized carbons (Fsp3) is 0.500. The first-order chi connectivity index (χ1) is 7.51. The van der Waals surface area contributed by atoms with Crippen LogP contribution in [0.25, 0.3) is 0 Å². The molecule has 98 valence electrons. The number of hydrogen-bond acceptors (Lipinski definition) is 10. The number of nitrogens with zero attached hydrogens (tertiary/aromatic N) is 1. The van der Waals surface area contributed by atoms with E-state index in [4.69, 9.17) is 20.4 Å². The zero-order valence-corrected chi connectivity index (χ0v) is 7.98. The van der Waals surface area contributed by atoms with Crippen molar-refractivity contribution in [2.45, 2.75) is 18.4 Å². The largest absolute Gasteiger partial charge is 0.550 e. The Hall–Kier alpha value is -2.43. The van der Waals surface area contributed by atoms with Crippen LogP contribution in [0.2, 0.25) is 0 Å². The molecular weight excluding hydrogens is 246 g/mol. The fourth-order valence-electron chi connectivity index (χ4n) is 0.684. The lowest BCUT2D eigenvalue weighted by Crippen LogP contribution is -2.54. The van der Waals surface area contributed by atoms with Gasteiger partial charge in [-0.25, -0.2) is 0 Å². The molecule has 17 heavy (non-hydrogen) atoms. The quantitative estimate of drug-likeness (QED) is 0.361. The van der Waals surface area contributed by atoms with Gasteiger partial charge in [-0.15, -0.1) is 0 Å². The van der Waals surface area contributed by atoms with Crippen LogP contribution in [0.15, 0.2) is 0 Å². The third-order valence-electron chi connectivity index (χ3n) is 1.25. The Labute approximate surface area is 92.6 Å². The first-order valence-corrected chi connectivity index (χ1v) is 3.66. The van der Waals surface area contributed by atoms with E-state index < -0.39 is 41.4 Å². The van der Waals surface area contributed by atoms with Gasteiger partial charge in [0.05, 0.1) is 11.1 Å². The van der Waals surface area contributed by atoms with Gasteiger partial charge in [0.1, 0.15) is 5.60 Å². The Morgan fingerprint density at radius 3 is 1.35 bits per heavy atom. The molecular formula is C6H5NO10-4. The van der Waals surface area contributed by atoms with Crippen molar-refractivity contribution in [1.29, 1.82) is 0 Å². The number of rotatable bonds is 5. The van der Waals surface area contributed by atoms with Crippen molar-refractivity contribution in [2.75, 3.05) is 0 Å². The topological polar surface area (TPSA) is 207 Å². The van der Waals surface area contributed by atoms with Gasteiger partial charge >= 0.3 is 0 Å². The van der Waals surface area contributed by atoms with Gasteiger partial charge in [-0.3, -0.25) is 0 Å². The lowest BCUT2D eigenvalue weighted by atomic mass is 9.96. The third kappa shape index (κ3) is 9.86. The van der Waals surface area contributed by atoms with Gasteiger partial charge in [-0.05, 0) is 0 Å². The minimum Gasteiger partial charge on any atom is -0.550 e. The molecule has 0 saturated carbocycles. The minimum absolute atomic E-state index is 1.36. The fourth-order valence-corrected chi connectivity index (χ4v) is 0.684. The molecule has 0 aromatic rings. The van der Waals surface area contributed by atoms with Crippen molar-refractivity contribution in [3.63, 3.8) is 0 Å². The zero-order chi connectivity index (χ0) is 14.2. The van der Waals surface area contributed by atoms with Gasteiger partial charge in [0.25, 0.3) is 0 Å². The molecule has 0 aromatic carbocycles. The monoisotopic (exact) mass is 251 g/mol. The normalized spacial score (nSPS) is 9.71. The molecule has 0 bridgehead atoms. The number of aliphatic hydroxyl groups is 1. The first-order valence-electron chi connectivity index (χ1n) is 3.66. The average Bonchev–Trinajstić information content (AvgIpc) is 1.98. The predicted octanol–water partition coefficient (Wildman–Crippen LogP) is -5.49. The van der Waals surface area contributed by atoms with E-state index in [1.54, 1.807) is 0 Å². The van der Waals surface area contributed by atoms with Crippen LogP contribution >= 0.6 is 0 Å². The molecule has 0 radical (unpaired) electrons. The minimum atomic E-state index is -2.97. The standard InChI is InChI=1S/C6H8O7.NO3/c7-3(8)1-6(13,5(11)12)2-4(9)10;2-1(3)4/h13H,1-2H2,(H,7,8)(H,9,10)(H,11,12);/q;-1/p-3. The van der Waals surface area contributed by atoms with Crippen LogP contribution in [0.5, 0.6) is 0 Å². The summed E-state index contributed by atoms with van der Waals surface area (Å²) in [4.78, 5) is 38.2. The Bertz CT molecular complexity index is 303. The van der Waals surface area contributed by atoms with Crippen LogP contribution in [0.1, 0.15) is 12.8 Å². The highest BCUT2D eigenvalue weighted by molar-refractivity contribution is 5.86. The van der Waals surface area contributed by atoms with Gasteiger partial charge < -0.3 is 50.1 Å². The second kappa shape index (κ2) is 6.95. The van der Waals surface area contributed by atoms with Crippen LogP contribution in [0.3, 0.4) is 0 Å². The van der Waals surface area contributed by atoms with Crippen molar-refractivity contribution >= 4 is 17.9 Å². The summed E-state index contributed by atoms with van der Waals surface area (Å²) in [7, 11) is 0. The van der Waals surface area contributed by atoms with Gasteiger partial charge in [0.2, 0.25) is 0 Å². The van der Waals surface area contributed by atoms with E-state index in [9.17, 15) is 29.7 Å². The molecule has 0 unspecified atom stereocenters. The van der Waals surface area contributed by atoms with E-state index >= 15 is 0 Å². The SMILES string of the molecule is O=C([O-])CC(O)(CC(=O)[O-])C(=O)[O-].O=[N+]([O-])[O-]. The Kier molecular flexibility index (Phi) is 6.94. The Balaban J connectivity index is 0. The summed E-state index contributed by atoms with van der Waals surface area (Å²) in [6, 6.07) is 0. The highest BCUT2D eigenvalue weighted by atomic mass is 16.9. The number of carboxylic acids is 3. The Morgan fingerprint density at radius 1 is 1.00 bits per heavy atom. The van der Waals surface area contributed by atoms with Crippen LogP contribution in [-0.2, 0) is 14.4 Å². The molecule has 11 nitrogen and oxygen atoms in total. The zero-order valence-electron chi connectivity index (χ0n) is 7.98. The Morgan fingerprint density at radius 2 is 1.24 bits per heavy atom. The number of carbonyl (C=O) groups excluding carboxylic acids is 3. The maximum absolute atomic E-state index is 10.1. The molecule has 0 saturated heterocycles. The number of hydrogen-bond donors (Lipinski definition) is 1. The van der Waals surface area contributed by atoms with Gasteiger partial charge in [-0.2, -0.15) is 0 Å². The summed E-state index contributed by atoms with van der Waals surface area (Å²) in [5, 5.41) is 53.7. The van der Waals surface area contributed by atoms with E-state index in [1.807, 2.05) is 0 Å². The van der Waals surface area contributed by atoms with Crippen LogP contribution in [-0.4, -0.2) is 33.7 Å². The van der Waals surface area contributed by atoms with Crippen molar-refractivity contribution in [1.82, 2.24) is 0 Å². The maximum atomic E-state index is 10.1. The second-order valence-corrected chi connectivity index (χ2v) is 2.64. The molecule has 0 amide bonds. The summed E-state index contributed by atoms with van der Waals surface area (Å²) in [5.41, 5.74) is -2.97. The summed E-state index contributed by atoms with van der Waals surface area (Å²) in [6.45, 7) is 0. The van der Waals surface area contributed by atoms with E-state index in [0.717, 1.165) is 0 Å². The van der Waals surface area contributed by atoms with E-state index in [2.05, 4.69) is 0 Å². The van der Waals surface area contributed by atoms with E-state index in [0.29, 0.717) is 0 Å². The van der Waals surface area contributed by atoms with Crippen molar-refractivity contribution in [2.24, 2.45) is 0 Å². The van der Waals surface area contributed by atoms with Crippen LogP contribution in [0, 0.1) is 15.3 Å².